The molecule has 23 heavy (non-hydrogen) atoms. The highest BCUT2D eigenvalue weighted by Crippen LogP contribution is 2.33. The van der Waals surface area contributed by atoms with Crippen molar-refractivity contribution in [2.75, 3.05) is 25.0 Å². The number of nitrogens with two attached hydrogens (primary N) is 1. The molecular formula is C17H24ClN3O2. The number of likely N-dealkylation sites (tertiary alicyclic amines) is 1. The van der Waals surface area contributed by atoms with Crippen molar-refractivity contribution in [1.29, 1.82) is 0 Å². The zero-order chi connectivity index (χ0) is 15.7. The average Bonchev–Trinajstić information content (AvgIpc) is 3.37. The predicted molar refractivity (Wildman–Crippen MR) is 92.9 cm³/mol. The van der Waals surface area contributed by atoms with E-state index >= 15 is 0 Å². The molecule has 1 heterocycles. The topological polar surface area (TPSA) is 66.6 Å². The van der Waals surface area contributed by atoms with E-state index in [0.717, 1.165) is 32.2 Å². The first kappa shape index (κ1) is 17.8. The van der Waals surface area contributed by atoms with E-state index in [1.54, 1.807) is 18.0 Å². The molecule has 5 nitrogen and oxygen atoms in total. The summed E-state index contributed by atoms with van der Waals surface area (Å²) < 4.78 is 0. The maximum atomic E-state index is 12.8. The Kier molecular flexibility index (Phi) is 5.65. The number of carbonyl (C=O) groups is 2. The fraction of sp³-hybridized carbons (Fsp3) is 0.529. The Morgan fingerprint density at radius 2 is 1.91 bits per heavy atom. The van der Waals surface area contributed by atoms with Gasteiger partial charge in [0, 0.05) is 32.1 Å². The molecule has 0 aromatic heterocycles. The normalized spacial score (nSPS) is 20.6. The third-order valence-electron chi connectivity index (χ3n) is 4.50. The molecule has 1 saturated heterocycles. The first-order valence-corrected chi connectivity index (χ1v) is 7.99. The predicted octanol–water partition coefficient (Wildman–Crippen LogP) is 2.04. The Balaban J connectivity index is 0.00000192. The Morgan fingerprint density at radius 1 is 1.22 bits per heavy atom. The lowest BCUT2D eigenvalue weighted by Gasteiger charge is -2.32. The standard InChI is InChI=1S/C17H23N3O2.ClH/c1-19(16(21)12-8-9-12)15-7-3-2-6-14(15)17(22)20-10-4-5-13(18)11-20;/h2-3,6-7,12-13H,4-5,8-11,18H2,1H3;1H. The van der Waals surface area contributed by atoms with Gasteiger partial charge in [-0.15, -0.1) is 12.4 Å². The van der Waals surface area contributed by atoms with E-state index in [-0.39, 0.29) is 36.2 Å². The minimum atomic E-state index is -0.0267. The zero-order valence-corrected chi connectivity index (χ0v) is 14.2. The van der Waals surface area contributed by atoms with Crippen LogP contribution in [0.15, 0.2) is 24.3 Å². The molecule has 0 bridgehead atoms. The maximum Gasteiger partial charge on any atom is 0.256 e. The largest absolute Gasteiger partial charge is 0.337 e. The van der Waals surface area contributed by atoms with Crippen molar-refractivity contribution < 1.29 is 9.59 Å². The van der Waals surface area contributed by atoms with E-state index in [9.17, 15) is 9.59 Å². The van der Waals surface area contributed by atoms with E-state index in [4.69, 9.17) is 5.73 Å². The van der Waals surface area contributed by atoms with Crippen molar-refractivity contribution in [2.45, 2.75) is 31.7 Å². The number of amides is 2. The number of halogens is 1. The number of rotatable bonds is 3. The Morgan fingerprint density at radius 3 is 2.57 bits per heavy atom. The molecule has 1 aliphatic heterocycles. The number of anilines is 1. The van der Waals surface area contributed by atoms with Crippen LogP contribution in [0.4, 0.5) is 5.69 Å². The van der Waals surface area contributed by atoms with Crippen molar-refractivity contribution in [3.8, 4) is 0 Å². The van der Waals surface area contributed by atoms with Gasteiger partial charge in [-0.3, -0.25) is 9.59 Å². The molecule has 1 atom stereocenters. The van der Waals surface area contributed by atoms with Gasteiger partial charge in [-0.2, -0.15) is 0 Å². The van der Waals surface area contributed by atoms with Crippen molar-refractivity contribution in [3.63, 3.8) is 0 Å². The molecule has 6 heteroatoms. The number of para-hydroxylation sites is 1. The molecule has 1 saturated carbocycles. The second-order valence-electron chi connectivity index (χ2n) is 6.34. The summed E-state index contributed by atoms with van der Waals surface area (Å²) in [5.41, 5.74) is 7.27. The highest BCUT2D eigenvalue weighted by Gasteiger charge is 2.34. The van der Waals surface area contributed by atoms with Crippen LogP contribution in [-0.4, -0.2) is 42.9 Å². The van der Waals surface area contributed by atoms with Crippen molar-refractivity contribution >= 4 is 29.9 Å². The molecule has 1 aromatic carbocycles. The van der Waals surface area contributed by atoms with Crippen LogP contribution in [0.5, 0.6) is 0 Å². The van der Waals surface area contributed by atoms with Gasteiger partial charge in [-0.05, 0) is 37.8 Å². The molecule has 2 N–H and O–H groups in total. The summed E-state index contributed by atoms with van der Waals surface area (Å²) in [6.07, 6.45) is 3.82. The van der Waals surface area contributed by atoms with Gasteiger partial charge in [0.1, 0.15) is 0 Å². The first-order chi connectivity index (χ1) is 10.6. The number of piperidine rings is 1. The Bertz CT molecular complexity index is 589. The number of hydrogen-bond acceptors (Lipinski definition) is 3. The molecule has 126 valence electrons. The summed E-state index contributed by atoms with van der Waals surface area (Å²) >= 11 is 0. The molecule has 1 aromatic rings. The Labute approximate surface area is 143 Å². The van der Waals surface area contributed by atoms with Crippen molar-refractivity contribution in [1.82, 2.24) is 4.90 Å². The molecule has 0 radical (unpaired) electrons. The van der Waals surface area contributed by atoms with Gasteiger partial charge >= 0.3 is 0 Å². The molecule has 2 amide bonds. The van der Waals surface area contributed by atoms with E-state index in [1.165, 1.54) is 0 Å². The lowest BCUT2D eigenvalue weighted by atomic mass is 10.0. The number of nitrogens with zero attached hydrogens (tertiary/aromatic N) is 2. The van der Waals surface area contributed by atoms with Gasteiger partial charge in [0.2, 0.25) is 5.91 Å². The second kappa shape index (κ2) is 7.32. The summed E-state index contributed by atoms with van der Waals surface area (Å²) in [4.78, 5) is 28.5. The minimum Gasteiger partial charge on any atom is -0.337 e. The smallest absolute Gasteiger partial charge is 0.256 e. The third-order valence-corrected chi connectivity index (χ3v) is 4.50. The summed E-state index contributed by atoms with van der Waals surface area (Å²) in [7, 11) is 1.76. The van der Waals surface area contributed by atoms with Gasteiger partial charge in [0.15, 0.2) is 0 Å². The van der Waals surface area contributed by atoms with Crippen LogP contribution >= 0.6 is 12.4 Å². The maximum absolute atomic E-state index is 12.8. The fourth-order valence-corrected chi connectivity index (χ4v) is 3.03. The molecule has 0 spiro atoms. The average molecular weight is 338 g/mol. The second-order valence-corrected chi connectivity index (χ2v) is 6.34. The van der Waals surface area contributed by atoms with E-state index in [2.05, 4.69) is 0 Å². The SMILES string of the molecule is CN(C(=O)C1CC1)c1ccccc1C(=O)N1CCCC(N)C1.Cl. The third kappa shape index (κ3) is 3.85. The van der Waals surface area contributed by atoms with Crippen LogP contribution in [0, 0.1) is 5.92 Å². The minimum absolute atomic E-state index is 0. The van der Waals surface area contributed by atoms with Gasteiger partial charge in [-0.1, -0.05) is 12.1 Å². The van der Waals surface area contributed by atoms with Gasteiger partial charge in [0.05, 0.1) is 11.3 Å². The van der Waals surface area contributed by atoms with E-state index in [0.29, 0.717) is 17.8 Å². The quantitative estimate of drug-likeness (QED) is 0.917. The number of benzene rings is 1. The molecule has 2 fully saturated rings. The highest BCUT2D eigenvalue weighted by molar-refractivity contribution is 6.05. The molecule has 1 unspecified atom stereocenters. The van der Waals surface area contributed by atoms with Crippen LogP contribution in [0.25, 0.3) is 0 Å². The van der Waals surface area contributed by atoms with Crippen LogP contribution in [0.1, 0.15) is 36.0 Å². The highest BCUT2D eigenvalue weighted by atomic mass is 35.5. The van der Waals surface area contributed by atoms with Crippen LogP contribution in [0.2, 0.25) is 0 Å². The van der Waals surface area contributed by atoms with Crippen LogP contribution in [0.3, 0.4) is 0 Å². The molecule has 1 aliphatic carbocycles. The first-order valence-electron chi connectivity index (χ1n) is 7.99. The summed E-state index contributed by atoms with van der Waals surface area (Å²) in [6.45, 7) is 1.33. The van der Waals surface area contributed by atoms with Gasteiger partial charge < -0.3 is 15.5 Å². The molecule has 3 rings (SSSR count). The van der Waals surface area contributed by atoms with Gasteiger partial charge in [-0.25, -0.2) is 0 Å². The molecule has 2 aliphatic rings. The lowest BCUT2D eigenvalue weighted by Crippen LogP contribution is -2.46. The van der Waals surface area contributed by atoms with Gasteiger partial charge in [0.25, 0.3) is 5.91 Å². The zero-order valence-electron chi connectivity index (χ0n) is 13.4. The van der Waals surface area contributed by atoms with Crippen LogP contribution in [-0.2, 0) is 4.79 Å². The summed E-state index contributed by atoms with van der Waals surface area (Å²) in [5, 5.41) is 0. The van der Waals surface area contributed by atoms with E-state index in [1.807, 2.05) is 23.1 Å². The van der Waals surface area contributed by atoms with Crippen LogP contribution < -0.4 is 10.6 Å². The monoisotopic (exact) mass is 337 g/mol. The molecular weight excluding hydrogens is 314 g/mol. The number of hydrogen-bond donors (Lipinski definition) is 1. The van der Waals surface area contributed by atoms with E-state index < -0.39 is 0 Å². The summed E-state index contributed by atoms with van der Waals surface area (Å²) in [5.74, 6) is 0.216. The van der Waals surface area contributed by atoms with Crippen molar-refractivity contribution in [2.24, 2.45) is 11.7 Å². The Hall–Kier alpha value is -1.59. The number of carbonyl (C=O) groups excluding carboxylic acids is 2. The fourth-order valence-electron chi connectivity index (χ4n) is 3.03. The van der Waals surface area contributed by atoms with Crippen molar-refractivity contribution in [3.05, 3.63) is 29.8 Å². The lowest BCUT2D eigenvalue weighted by molar-refractivity contribution is -0.119. The summed E-state index contributed by atoms with van der Waals surface area (Å²) in [6, 6.07) is 7.41.